The number of aryl methyl sites for hydroxylation is 2. The molecular formula is C14H20N2OS. The molecule has 1 amide bonds. The van der Waals surface area contributed by atoms with Crippen molar-refractivity contribution in [3.8, 4) is 0 Å². The number of rotatable bonds is 5. The maximum absolute atomic E-state index is 11.8. The van der Waals surface area contributed by atoms with Crippen LogP contribution in [0, 0.1) is 18.8 Å². The van der Waals surface area contributed by atoms with Gasteiger partial charge in [0.05, 0.1) is 0 Å². The molecule has 4 heteroatoms. The molecule has 0 bridgehead atoms. The number of hydrogen-bond donors (Lipinski definition) is 2. The van der Waals surface area contributed by atoms with Crippen LogP contribution in [0.3, 0.4) is 0 Å². The summed E-state index contributed by atoms with van der Waals surface area (Å²) in [5, 5.41) is 6.51. The highest BCUT2D eigenvalue weighted by Gasteiger charge is 2.53. The maximum Gasteiger partial charge on any atom is 0.220 e. The van der Waals surface area contributed by atoms with Gasteiger partial charge in [0.25, 0.3) is 0 Å². The highest BCUT2D eigenvalue weighted by molar-refractivity contribution is 7.11. The molecule has 3 rings (SSSR count). The second-order valence-corrected chi connectivity index (χ2v) is 6.82. The number of carbonyl (C=O) groups is 1. The Hall–Kier alpha value is -0.870. The quantitative estimate of drug-likeness (QED) is 0.850. The molecule has 2 N–H and O–H groups in total. The van der Waals surface area contributed by atoms with Gasteiger partial charge in [-0.2, -0.15) is 0 Å². The minimum absolute atomic E-state index is 0.239. The Morgan fingerprint density at radius 1 is 1.44 bits per heavy atom. The van der Waals surface area contributed by atoms with E-state index in [0.717, 1.165) is 25.9 Å². The summed E-state index contributed by atoms with van der Waals surface area (Å²) in [4.78, 5) is 14.5. The van der Waals surface area contributed by atoms with Crippen LogP contribution in [0.1, 0.15) is 22.6 Å². The normalized spacial score (nSPS) is 29.1. The van der Waals surface area contributed by atoms with Crippen LogP contribution in [0.15, 0.2) is 12.1 Å². The third kappa shape index (κ3) is 2.59. The molecule has 2 aliphatic rings. The van der Waals surface area contributed by atoms with E-state index in [2.05, 4.69) is 29.7 Å². The van der Waals surface area contributed by atoms with Crippen LogP contribution >= 0.6 is 11.3 Å². The number of fused-ring (bicyclic) bond motifs is 1. The summed E-state index contributed by atoms with van der Waals surface area (Å²) >= 11 is 1.84. The molecule has 1 unspecified atom stereocenters. The molecule has 98 valence electrons. The van der Waals surface area contributed by atoms with Crippen LogP contribution in [0.4, 0.5) is 0 Å². The molecule has 1 saturated carbocycles. The van der Waals surface area contributed by atoms with Gasteiger partial charge in [-0.3, -0.25) is 4.79 Å². The zero-order chi connectivity index (χ0) is 12.5. The summed E-state index contributed by atoms with van der Waals surface area (Å²) in [6, 6.07) is 4.80. The molecule has 3 atom stereocenters. The van der Waals surface area contributed by atoms with Crippen molar-refractivity contribution in [2.45, 2.75) is 32.2 Å². The zero-order valence-electron chi connectivity index (χ0n) is 10.7. The van der Waals surface area contributed by atoms with Gasteiger partial charge >= 0.3 is 0 Å². The number of hydrogen-bond acceptors (Lipinski definition) is 3. The Bertz CT molecular complexity index is 433. The van der Waals surface area contributed by atoms with E-state index in [-0.39, 0.29) is 5.91 Å². The van der Waals surface area contributed by atoms with Crippen molar-refractivity contribution in [2.75, 3.05) is 13.1 Å². The van der Waals surface area contributed by atoms with E-state index in [1.165, 1.54) is 9.75 Å². The summed E-state index contributed by atoms with van der Waals surface area (Å²) < 4.78 is 0. The predicted molar refractivity (Wildman–Crippen MR) is 73.8 cm³/mol. The van der Waals surface area contributed by atoms with E-state index in [1.54, 1.807) is 0 Å². The number of nitrogens with one attached hydrogen (secondary N) is 2. The summed E-state index contributed by atoms with van der Waals surface area (Å²) in [5.41, 5.74) is 0. The average molecular weight is 264 g/mol. The van der Waals surface area contributed by atoms with Gasteiger partial charge in [0.1, 0.15) is 0 Å². The highest BCUT2D eigenvalue weighted by Crippen LogP contribution is 2.41. The van der Waals surface area contributed by atoms with Gasteiger partial charge in [-0.15, -0.1) is 11.3 Å². The van der Waals surface area contributed by atoms with E-state index in [4.69, 9.17) is 0 Å². The molecule has 1 aliphatic heterocycles. The van der Waals surface area contributed by atoms with Crippen LogP contribution in [0.5, 0.6) is 0 Å². The Balaban J connectivity index is 1.35. The first kappa shape index (κ1) is 12.2. The van der Waals surface area contributed by atoms with Crippen molar-refractivity contribution in [3.63, 3.8) is 0 Å². The van der Waals surface area contributed by atoms with Gasteiger partial charge in [-0.05, 0) is 43.7 Å². The van der Waals surface area contributed by atoms with Crippen molar-refractivity contribution in [1.82, 2.24) is 10.6 Å². The molecule has 0 spiro atoms. The molecular weight excluding hydrogens is 244 g/mol. The lowest BCUT2D eigenvalue weighted by Gasteiger charge is -2.07. The van der Waals surface area contributed by atoms with Crippen LogP contribution in [0.2, 0.25) is 0 Å². The van der Waals surface area contributed by atoms with Crippen molar-refractivity contribution in [2.24, 2.45) is 11.8 Å². The van der Waals surface area contributed by atoms with E-state index >= 15 is 0 Å². The van der Waals surface area contributed by atoms with Gasteiger partial charge in [-0.1, -0.05) is 0 Å². The van der Waals surface area contributed by atoms with Gasteiger partial charge < -0.3 is 10.6 Å². The molecule has 1 aromatic rings. The summed E-state index contributed by atoms with van der Waals surface area (Å²) in [5.74, 6) is 1.67. The smallest absolute Gasteiger partial charge is 0.220 e. The third-order valence-corrected chi connectivity index (χ3v) is 5.10. The Kier molecular flexibility index (Phi) is 3.39. The molecule has 2 fully saturated rings. The first-order valence-corrected chi connectivity index (χ1v) is 7.61. The lowest BCUT2D eigenvalue weighted by molar-refractivity contribution is -0.121. The molecule has 18 heavy (non-hydrogen) atoms. The fraction of sp³-hybridized carbons (Fsp3) is 0.643. The second kappa shape index (κ2) is 5.02. The first-order chi connectivity index (χ1) is 8.74. The Morgan fingerprint density at radius 3 is 2.89 bits per heavy atom. The summed E-state index contributed by atoms with van der Waals surface area (Å²) in [6.07, 6.45) is 2.66. The molecule has 1 saturated heterocycles. The SMILES string of the molecule is Cc1ccc(CCCC(=O)NC2[C@H]3CNC[C@@H]23)s1. The molecule has 3 nitrogen and oxygen atoms in total. The largest absolute Gasteiger partial charge is 0.353 e. The minimum Gasteiger partial charge on any atom is -0.353 e. The average Bonchev–Trinajstić information content (AvgIpc) is 2.75. The van der Waals surface area contributed by atoms with Crippen LogP contribution < -0.4 is 10.6 Å². The molecule has 1 aliphatic carbocycles. The minimum atomic E-state index is 0.239. The maximum atomic E-state index is 11.8. The summed E-state index contributed by atoms with van der Waals surface area (Å²) in [7, 11) is 0. The molecule has 2 heterocycles. The topological polar surface area (TPSA) is 41.1 Å². The third-order valence-electron chi connectivity index (χ3n) is 4.04. The van der Waals surface area contributed by atoms with E-state index in [9.17, 15) is 4.79 Å². The van der Waals surface area contributed by atoms with Gasteiger partial charge in [0.2, 0.25) is 5.91 Å². The highest BCUT2D eigenvalue weighted by atomic mass is 32.1. The Labute approximate surface area is 112 Å². The molecule has 1 aromatic heterocycles. The van der Waals surface area contributed by atoms with E-state index < -0.39 is 0 Å². The van der Waals surface area contributed by atoms with Gasteiger partial charge in [0.15, 0.2) is 0 Å². The number of thiophene rings is 1. The standard InChI is InChI=1S/C14H20N2OS/c1-9-5-6-10(18-9)3-2-4-13(17)16-14-11-7-15-8-12(11)14/h5-6,11-12,14-15H,2-4,7-8H2,1H3,(H,16,17)/t11-,12+,14?. The fourth-order valence-corrected chi connectivity index (χ4v) is 3.87. The monoisotopic (exact) mass is 264 g/mol. The number of piperidine rings is 1. The second-order valence-electron chi connectivity index (χ2n) is 5.45. The van der Waals surface area contributed by atoms with Crippen molar-refractivity contribution in [1.29, 1.82) is 0 Å². The van der Waals surface area contributed by atoms with Crippen LogP contribution in [-0.2, 0) is 11.2 Å². The van der Waals surface area contributed by atoms with Crippen LogP contribution in [0.25, 0.3) is 0 Å². The lowest BCUT2D eigenvalue weighted by atomic mass is 10.2. The number of carbonyl (C=O) groups excluding carboxylic acids is 1. The fourth-order valence-electron chi connectivity index (χ4n) is 2.93. The zero-order valence-corrected chi connectivity index (χ0v) is 11.6. The summed E-state index contributed by atoms with van der Waals surface area (Å²) in [6.45, 7) is 4.30. The molecule has 0 radical (unpaired) electrons. The predicted octanol–water partition coefficient (Wildman–Crippen LogP) is 1.71. The van der Waals surface area contributed by atoms with Gasteiger partial charge in [0, 0.05) is 35.3 Å². The first-order valence-electron chi connectivity index (χ1n) is 6.79. The number of amides is 1. The van der Waals surface area contributed by atoms with E-state index in [0.29, 0.717) is 24.3 Å². The molecule has 0 aromatic carbocycles. The lowest BCUT2D eigenvalue weighted by Crippen LogP contribution is -2.32. The van der Waals surface area contributed by atoms with Gasteiger partial charge in [-0.25, -0.2) is 0 Å². The van der Waals surface area contributed by atoms with Crippen LogP contribution in [-0.4, -0.2) is 25.0 Å². The van der Waals surface area contributed by atoms with E-state index in [1.807, 2.05) is 11.3 Å². The Morgan fingerprint density at radius 2 is 2.22 bits per heavy atom. The van der Waals surface area contributed by atoms with Crippen molar-refractivity contribution < 1.29 is 4.79 Å². The van der Waals surface area contributed by atoms with Crippen molar-refractivity contribution >= 4 is 17.2 Å². The van der Waals surface area contributed by atoms with Crippen molar-refractivity contribution in [3.05, 3.63) is 21.9 Å².